The van der Waals surface area contributed by atoms with Crippen molar-refractivity contribution in [3.05, 3.63) is 48.0 Å². The van der Waals surface area contributed by atoms with Crippen LogP contribution in [0.3, 0.4) is 0 Å². The van der Waals surface area contributed by atoms with Crippen LogP contribution in [0, 0.1) is 0 Å². The van der Waals surface area contributed by atoms with Crippen LogP contribution in [-0.4, -0.2) is 35.6 Å². The Labute approximate surface area is 153 Å². The molecular weight excluding hydrogens is 372 g/mol. The van der Waals surface area contributed by atoms with E-state index in [-0.39, 0.29) is 4.90 Å². The van der Waals surface area contributed by atoms with Crippen LogP contribution in [0.1, 0.15) is 0 Å². The molecule has 0 radical (unpaired) electrons. The van der Waals surface area contributed by atoms with E-state index in [4.69, 9.17) is 0 Å². The second-order valence-corrected chi connectivity index (χ2v) is 8.20. The van der Waals surface area contributed by atoms with Gasteiger partial charge in [0.05, 0.1) is 16.0 Å². The Balaban J connectivity index is 1.78. The van der Waals surface area contributed by atoms with Gasteiger partial charge in [0, 0.05) is 5.69 Å². The van der Waals surface area contributed by atoms with Gasteiger partial charge in [0.2, 0.25) is 10.0 Å². The number of thiophene rings is 1. The molecule has 10 heteroatoms. The fourth-order valence-electron chi connectivity index (χ4n) is 2.44. The first-order valence-corrected chi connectivity index (χ1v) is 9.99. The Morgan fingerprint density at radius 2 is 2.04 bits per heavy atom. The molecule has 3 aromatic heterocycles. The fourth-order valence-corrected chi connectivity index (χ4v) is 3.87. The minimum Gasteiger partial charge on any atom is -0.338 e. The van der Waals surface area contributed by atoms with Crippen molar-refractivity contribution >= 4 is 43.9 Å². The van der Waals surface area contributed by atoms with Gasteiger partial charge in [-0.25, -0.2) is 23.1 Å². The molecule has 3 heterocycles. The van der Waals surface area contributed by atoms with E-state index in [1.807, 2.05) is 17.5 Å². The summed E-state index contributed by atoms with van der Waals surface area (Å²) in [6.07, 6.45) is 1.63. The van der Waals surface area contributed by atoms with E-state index in [2.05, 4.69) is 30.2 Å². The molecule has 132 valence electrons. The maximum atomic E-state index is 12.0. The normalized spacial score (nSPS) is 11.7. The minimum absolute atomic E-state index is 0.165. The zero-order valence-corrected chi connectivity index (χ0v) is 15.2. The predicted molar refractivity (Wildman–Crippen MR) is 101 cm³/mol. The molecule has 3 N–H and O–H groups in total. The predicted octanol–water partition coefficient (Wildman–Crippen LogP) is 2.73. The first-order valence-electron chi connectivity index (χ1n) is 7.62. The van der Waals surface area contributed by atoms with E-state index in [1.165, 1.54) is 13.1 Å². The van der Waals surface area contributed by atoms with Crippen LogP contribution in [0.2, 0.25) is 0 Å². The van der Waals surface area contributed by atoms with Gasteiger partial charge in [-0.3, -0.25) is 5.10 Å². The number of anilines is 2. The van der Waals surface area contributed by atoms with Crippen LogP contribution in [0.25, 0.3) is 21.7 Å². The lowest BCUT2D eigenvalue weighted by atomic mass is 10.3. The van der Waals surface area contributed by atoms with E-state index in [9.17, 15) is 8.42 Å². The van der Waals surface area contributed by atoms with Gasteiger partial charge < -0.3 is 5.32 Å². The van der Waals surface area contributed by atoms with Gasteiger partial charge in [0.15, 0.2) is 11.6 Å². The highest BCUT2D eigenvalue weighted by Gasteiger charge is 2.14. The molecular formula is C16H14N6O2S2. The van der Waals surface area contributed by atoms with Gasteiger partial charge in [-0.1, -0.05) is 12.1 Å². The molecule has 4 aromatic rings. The topological polar surface area (TPSA) is 113 Å². The third-order valence-corrected chi connectivity index (χ3v) is 6.00. The lowest BCUT2D eigenvalue weighted by Crippen LogP contribution is -2.18. The Bertz CT molecular complexity index is 1170. The van der Waals surface area contributed by atoms with Crippen molar-refractivity contribution < 1.29 is 8.42 Å². The van der Waals surface area contributed by atoms with Crippen LogP contribution in [0.5, 0.6) is 0 Å². The van der Waals surface area contributed by atoms with Crippen LogP contribution in [-0.2, 0) is 10.0 Å². The minimum atomic E-state index is -3.53. The second kappa shape index (κ2) is 6.48. The number of sulfonamides is 1. The molecule has 8 nitrogen and oxygen atoms in total. The highest BCUT2D eigenvalue weighted by molar-refractivity contribution is 7.89. The van der Waals surface area contributed by atoms with Crippen LogP contribution < -0.4 is 10.0 Å². The lowest BCUT2D eigenvalue weighted by molar-refractivity contribution is 0.588. The van der Waals surface area contributed by atoms with E-state index >= 15 is 0 Å². The summed E-state index contributed by atoms with van der Waals surface area (Å²) >= 11 is 1.54. The van der Waals surface area contributed by atoms with Crippen molar-refractivity contribution in [2.45, 2.75) is 4.90 Å². The van der Waals surface area contributed by atoms with Gasteiger partial charge in [-0.05, 0) is 36.7 Å². The molecule has 0 aliphatic heterocycles. The summed E-state index contributed by atoms with van der Waals surface area (Å²) in [7, 11) is -2.15. The monoisotopic (exact) mass is 386 g/mol. The summed E-state index contributed by atoms with van der Waals surface area (Å²) in [5, 5.41) is 12.0. The highest BCUT2D eigenvalue weighted by atomic mass is 32.2. The van der Waals surface area contributed by atoms with E-state index in [1.54, 1.807) is 35.7 Å². The molecule has 1 aromatic carbocycles. The van der Waals surface area contributed by atoms with Crippen molar-refractivity contribution in [2.75, 3.05) is 12.4 Å². The maximum absolute atomic E-state index is 12.0. The number of aromatic amines is 1. The Hall–Kier alpha value is -2.82. The third kappa shape index (κ3) is 3.05. The Morgan fingerprint density at radius 1 is 1.15 bits per heavy atom. The summed E-state index contributed by atoms with van der Waals surface area (Å²) in [6, 6.07) is 10.4. The highest BCUT2D eigenvalue weighted by Crippen LogP contribution is 2.28. The molecule has 0 spiro atoms. The summed E-state index contributed by atoms with van der Waals surface area (Å²) < 4.78 is 26.3. The third-order valence-electron chi connectivity index (χ3n) is 3.72. The fraction of sp³-hybridized carbons (Fsp3) is 0.0625. The molecule has 26 heavy (non-hydrogen) atoms. The van der Waals surface area contributed by atoms with E-state index < -0.39 is 10.0 Å². The quantitative estimate of drug-likeness (QED) is 0.486. The largest absolute Gasteiger partial charge is 0.338 e. The van der Waals surface area contributed by atoms with Gasteiger partial charge >= 0.3 is 0 Å². The van der Waals surface area contributed by atoms with Crippen molar-refractivity contribution in [1.29, 1.82) is 0 Å². The molecule has 0 bridgehead atoms. The number of fused-ring (bicyclic) bond motifs is 1. The number of H-pyrrole nitrogens is 1. The molecule has 0 aliphatic rings. The molecule has 0 aliphatic carbocycles. The maximum Gasteiger partial charge on any atom is 0.240 e. The second-order valence-electron chi connectivity index (χ2n) is 5.36. The van der Waals surface area contributed by atoms with Crippen LogP contribution in [0.4, 0.5) is 11.5 Å². The van der Waals surface area contributed by atoms with Crippen molar-refractivity contribution in [3.8, 4) is 10.7 Å². The average molecular weight is 386 g/mol. The van der Waals surface area contributed by atoms with Crippen LogP contribution in [0.15, 0.2) is 52.9 Å². The number of hydrogen-bond donors (Lipinski definition) is 3. The standard InChI is InChI=1S/C16H14N6O2S2/c1-17-26(23,24)11-5-2-4-10(8-11)19-16-14-12(9-18-22-14)20-15(21-16)13-6-3-7-25-13/h2-9,17H,1H3,(H,18,22)(H,19,20,21). The van der Waals surface area contributed by atoms with E-state index in [0.29, 0.717) is 28.4 Å². The summed E-state index contributed by atoms with van der Waals surface area (Å²) in [5.41, 5.74) is 1.91. The summed E-state index contributed by atoms with van der Waals surface area (Å²) in [6.45, 7) is 0. The number of benzene rings is 1. The lowest BCUT2D eigenvalue weighted by Gasteiger charge is -2.10. The molecule has 0 saturated heterocycles. The first-order chi connectivity index (χ1) is 12.6. The Kier molecular flexibility index (Phi) is 4.15. The molecule has 0 saturated carbocycles. The van der Waals surface area contributed by atoms with E-state index in [0.717, 1.165) is 4.88 Å². The number of nitrogens with one attached hydrogen (secondary N) is 3. The number of aromatic nitrogens is 4. The average Bonchev–Trinajstić information content (AvgIpc) is 3.33. The van der Waals surface area contributed by atoms with Gasteiger partial charge in [-0.15, -0.1) is 11.3 Å². The molecule has 0 fully saturated rings. The molecule has 4 rings (SSSR count). The Morgan fingerprint density at radius 3 is 2.81 bits per heavy atom. The van der Waals surface area contributed by atoms with Gasteiger partial charge in [0.1, 0.15) is 11.0 Å². The molecule has 0 amide bonds. The molecule has 0 atom stereocenters. The zero-order valence-electron chi connectivity index (χ0n) is 13.6. The zero-order chi connectivity index (χ0) is 18.1. The first kappa shape index (κ1) is 16.6. The number of hydrogen-bond acceptors (Lipinski definition) is 7. The summed E-state index contributed by atoms with van der Waals surface area (Å²) in [4.78, 5) is 10.2. The smallest absolute Gasteiger partial charge is 0.240 e. The van der Waals surface area contributed by atoms with Crippen LogP contribution >= 0.6 is 11.3 Å². The van der Waals surface area contributed by atoms with Crippen molar-refractivity contribution in [1.82, 2.24) is 24.9 Å². The van der Waals surface area contributed by atoms with Crippen molar-refractivity contribution in [3.63, 3.8) is 0 Å². The SMILES string of the molecule is CNS(=O)(=O)c1cccc(Nc2nc(-c3cccs3)nc3cn[nH]c23)c1. The van der Waals surface area contributed by atoms with Gasteiger partial charge in [-0.2, -0.15) is 5.10 Å². The summed E-state index contributed by atoms with van der Waals surface area (Å²) in [5.74, 6) is 1.10. The van der Waals surface area contributed by atoms with Crippen molar-refractivity contribution in [2.24, 2.45) is 0 Å². The van der Waals surface area contributed by atoms with Gasteiger partial charge in [0.25, 0.3) is 0 Å². The molecule has 0 unspecified atom stereocenters. The number of rotatable bonds is 5. The number of nitrogens with zero attached hydrogens (tertiary/aromatic N) is 3.